The smallest absolute Gasteiger partial charge is 0.225 e. The maximum absolute atomic E-state index is 13.0. The Morgan fingerprint density at radius 1 is 1.25 bits per heavy atom. The molecule has 0 radical (unpaired) electrons. The molecule has 1 saturated carbocycles. The number of aromatic nitrogens is 3. The summed E-state index contributed by atoms with van der Waals surface area (Å²) in [6, 6.07) is 6.45. The number of amides is 1. The quantitative estimate of drug-likeness (QED) is 0.512. The average molecular weight is 441 g/mol. The molecule has 2 atom stereocenters. The summed E-state index contributed by atoms with van der Waals surface area (Å²) in [5.41, 5.74) is 3.36. The van der Waals surface area contributed by atoms with Crippen LogP contribution in [0.25, 0.3) is 0 Å². The lowest BCUT2D eigenvalue weighted by Crippen LogP contribution is -2.21. The summed E-state index contributed by atoms with van der Waals surface area (Å²) < 4.78 is 2.28. The molecule has 1 aromatic heterocycles. The van der Waals surface area contributed by atoms with Crippen molar-refractivity contribution in [2.75, 3.05) is 5.32 Å². The van der Waals surface area contributed by atoms with Crippen molar-refractivity contribution in [2.24, 2.45) is 5.41 Å². The summed E-state index contributed by atoms with van der Waals surface area (Å²) >= 11 is 0. The van der Waals surface area contributed by atoms with Gasteiger partial charge < -0.3 is 15.0 Å². The summed E-state index contributed by atoms with van der Waals surface area (Å²) in [6.07, 6.45) is 5.64. The lowest BCUT2D eigenvalue weighted by molar-refractivity contribution is -0.116. The van der Waals surface area contributed by atoms with E-state index >= 15 is 0 Å². The van der Waals surface area contributed by atoms with Crippen LogP contribution in [0.3, 0.4) is 0 Å². The second kappa shape index (κ2) is 10.2. The molecule has 0 unspecified atom stereocenters. The van der Waals surface area contributed by atoms with Gasteiger partial charge in [0, 0.05) is 30.5 Å². The molecule has 0 saturated heterocycles. The van der Waals surface area contributed by atoms with Crippen LogP contribution in [0.4, 0.5) is 5.69 Å². The minimum atomic E-state index is -0.511. The van der Waals surface area contributed by atoms with Crippen molar-refractivity contribution >= 4 is 11.6 Å². The first-order chi connectivity index (χ1) is 15.0. The zero-order valence-electron chi connectivity index (χ0n) is 20.6. The van der Waals surface area contributed by atoms with Crippen LogP contribution in [0.1, 0.15) is 101 Å². The molecule has 2 aromatic rings. The molecule has 1 amide bonds. The zero-order chi connectivity index (χ0) is 23.5. The van der Waals surface area contributed by atoms with Crippen LogP contribution < -0.4 is 5.32 Å². The van der Waals surface area contributed by atoms with Gasteiger partial charge in [-0.2, -0.15) is 0 Å². The highest BCUT2D eigenvalue weighted by molar-refractivity contribution is 5.92. The van der Waals surface area contributed by atoms with E-state index in [1.54, 1.807) is 6.92 Å². The van der Waals surface area contributed by atoms with E-state index in [-0.39, 0.29) is 18.2 Å². The molecule has 1 aliphatic rings. The van der Waals surface area contributed by atoms with E-state index in [1.165, 1.54) is 5.56 Å². The Hall–Kier alpha value is -2.21. The van der Waals surface area contributed by atoms with Gasteiger partial charge in [0.2, 0.25) is 5.91 Å². The second-order valence-electron chi connectivity index (χ2n) is 10.8. The number of carbonyl (C=O) groups excluding carboxylic acids is 1. The number of nitrogens with one attached hydrogen (secondary N) is 1. The summed E-state index contributed by atoms with van der Waals surface area (Å²) in [7, 11) is 0. The van der Waals surface area contributed by atoms with Crippen molar-refractivity contribution < 1.29 is 9.90 Å². The molecule has 0 aliphatic heterocycles. The van der Waals surface area contributed by atoms with Gasteiger partial charge >= 0.3 is 0 Å². The van der Waals surface area contributed by atoms with Gasteiger partial charge in [0.25, 0.3) is 0 Å². The molecule has 32 heavy (non-hydrogen) atoms. The molecule has 2 N–H and O–H groups in total. The first-order valence-electron chi connectivity index (χ1n) is 12.0. The number of aliphatic hydroxyl groups is 1. The lowest BCUT2D eigenvalue weighted by Gasteiger charge is -2.20. The van der Waals surface area contributed by atoms with Gasteiger partial charge in [0.1, 0.15) is 11.6 Å². The molecule has 0 spiro atoms. The van der Waals surface area contributed by atoms with Crippen molar-refractivity contribution in [3.05, 3.63) is 41.0 Å². The molecular weight excluding hydrogens is 400 g/mol. The highest BCUT2D eigenvalue weighted by atomic mass is 16.3. The fourth-order valence-electron chi connectivity index (χ4n) is 4.36. The van der Waals surface area contributed by atoms with E-state index in [9.17, 15) is 9.90 Å². The Morgan fingerprint density at radius 2 is 1.97 bits per heavy atom. The predicted octanol–water partition coefficient (Wildman–Crippen LogP) is 5.48. The van der Waals surface area contributed by atoms with Crippen LogP contribution in [0.2, 0.25) is 0 Å². The first kappa shape index (κ1) is 24.4. The molecule has 1 heterocycles. The third-order valence-corrected chi connectivity index (χ3v) is 6.11. The standard InChI is InChI=1S/C26H40N4O2/c1-17-9-12-22(18(2)14-17)27-24(32)16-20(15-19(3)31)25-29-28-23(30(25)21-10-11-21)8-7-13-26(4,5)6/h9,12,14,19-21,31H,7-8,10-11,13,15-16H2,1-6H3,(H,27,32)/t19-,20-/m1/s1. The van der Waals surface area contributed by atoms with E-state index in [4.69, 9.17) is 0 Å². The van der Waals surface area contributed by atoms with Crippen molar-refractivity contribution in [1.82, 2.24) is 14.8 Å². The number of hydrogen-bond acceptors (Lipinski definition) is 4. The normalized spacial score (nSPS) is 16.1. The van der Waals surface area contributed by atoms with E-state index < -0.39 is 6.10 Å². The number of aliphatic hydroxyl groups excluding tert-OH is 1. The van der Waals surface area contributed by atoms with Crippen LogP contribution in [-0.2, 0) is 11.2 Å². The minimum Gasteiger partial charge on any atom is -0.393 e. The maximum Gasteiger partial charge on any atom is 0.225 e. The van der Waals surface area contributed by atoms with Crippen molar-refractivity contribution in [3.8, 4) is 0 Å². The number of benzene rings is 1. The van der Waals surface area contributed by atoms with E-state index in [2.05, 4.69) is 46.9 Å². The second-order valence-corrected chi connectivity index (χ2v) is 10.8. The van der Waals surface area contributed by atoms with Gasteiger partial charge in [-0.15, -0.1) is 10.2 Å². The third-order valence-electron chi connectivity index (χ3n) is 6.11. The SMILES string of the molecule is Cc1ccc(NC(=O)C[C@@H](C[C@@H](C)O)c2nnc(CCCC(C)(C)C)n2C2CC2)c(C)c1. The maximum atomic E-state index is 13.0. The molecule has 1 fully saturated rings. The Labute approximate surface area is 192 Å². The molecule has 0 bridgehead atoms. The topological polar surface area (TPSA) is 80.0 Å². The molecule has 1 aromatic carbocycles. The van der Waals surface area contributed by atoms with Gasteiger partial charge in [-0.1, -0.05) is 38.5 Å². The van der Waals surface area contributed by atoms with E-state index in [0.29, 0.717) is 17.9 Å². The van der Waals surface area contributed by atoms with Crippen LogP contribution in [0, 0.1) is 19.3 Å². The fourth-order valence-corrected chi connectivity index (χ4v) is 4.36. The van der Waals surface area contributed by atoms with Gasteiger partial charge in [-0.3, -0.25) is 4.79 Å². The third kappa shape index (κ3) is 6.89. The first-order valence-corrected chi connectivity index (χ1v) is 12.0. The van der Waals surface area contributed by atoms with Gasteiger partial charge in [0.15, 0.2) is 0 Å². The Morgan fingerprint density at radius 3 is 2.56 bits per heavy atom. The Kier molecular flexibility index (Phi) is 7.75. The van der Waals surface area contributed by atoms with Crippen LogP contribution in [0.5, 0.6) is 0 Å². The molecule has 3 rings (SSSR count). The van der Waals surface area contributed by atoms with E-state index in [1.807, 2.05) is 26.0 Å². The minimum absolute atomic E-state index is 0.0535. The van der Waals surface area contributed by atoms with Crippen LogP contribution in [-0.4, -0.2) is 31.9 Å². The zero-order valence-corrected chi connectivity index (χ0v) is 20.6. The Balaban J connectivity index is 1.77. The van der Waals surface area contributed by atoms with Crippen LogP contribution >= 0.6 is 0 Å². The molecule has 1 aliphatic carbocycles. The monoisotopic (exact) mass is 440 g/mol. The molecule has 176 valence electrons. The van der Waals surface area contributed by atoms with Crippen molar-refractivity contribution in [3.63, 3.8) is 0 Å². The van der Waals surface area contributed by atoms with E-state index in [0.717, 1.165) is 55.0 Å². The average Bonchev–Trinajstić information content (AvgIpc) is 3.42. The van der Waals surface area contributed by atoms with Gasteiger partial charge in [-0.05, 0) is 69.9 Å². The predicted molar refractivity (Wildman–Crippen MR) is 129 cm³/mol. The number of aryl methyl sites for hydroxylation is 3. The summed E-state index contributed by atoms with van der Waals surface area (Å²) in [5.74, 6) is 1.67. The molecular formula is C26H40N4O2. The summed E-state index contributed by atoms with van der Waals surface area (Å²) in [6.45, 7) is 12.6. The largest absolute Gasteiger partial charge is 0.393 e. The fraction of sp³-hybridized carbons (Fsp3) is 0.654. The van der Waals surface area contributed by atoms with Crippen molar-refractivity contribution in [1.29, 1.82) is 0 Å². The molecule has 6 heteroatoms. The number of hydrogen-bond donors (Lipinski definition) is 2. The van der Waals surface area contributed by atoms with Gasteiger partial charge in [-0.25, -0.2) is 0 Å². The highest BCUT2D eigenvalue weighted by Gasteiger charge is 2.33. The van der Waals surface area contributed by atoms with Crippen molar-refractivity contribution in [2.45, 2.75) is 105 Å². The number of carbonyl (C=O) groups is 1. The summed E-state index contributed by atoms with van der Waals surface area (Å²) in [4.78, 5) is 13.0. The molecule has 6 nitrogen and oxygen atoms in total. The Bertz CT molecular complexity index is 922. The lowest BCUT2D eigenvalue weighted by atomic mass is 9.90. The number of nitrogens with zero attached hydrogens (tertiary/aromatic N) is 3. The highest BCUT2D eigenvalue weighted by Crippen LogP contribution is 2.40. The summed E-state index contributed by atoms with van der Waals surface area (Å²) in [5, 5.41) is 22.3. The van der Waals surface area contributed by atoms with Gasteiger partial charge in [0.05, 0.1) is 6.10 Å². The van der Waals surface area contributed by atoms with Crippen LogP contribution in [0.15, 0.2) is 18.2 Å². The number of rotatable bonds is 10. The number of anilines is 1.